The van der Waals surface area contributed by atoms with Crippen LogP contribution in [0.3, 0.4) is 0 Å². The summed E-state index contributed by atoms with van der Waals surface area (Å²) >= 11 is 0. The van der Waals surface area contributed by atoms with Crippen molar-refractivity contribution >= 4 is 17.4 Å². The highest BCUT2D eigenvalue weighted by molar-refractivity contribution is 5.94. The maximum atomic E-state index is 11.3. The van der Waals surface area contributed by atoms with Gasteiger partial charge in [0, 0.05) is 39.3 Å². The van der Waals surface area contributed by atoms with Crippen molar-refractivity contribution in [1.29, 1.82) is 0 Å². The summed E-state index contributed by atoms with van der Waals surface area (Å²) in [6.45, 7) is 7.25. The number of hydrogen-bond donors (Lipinski definition) is 1. The molecule has 0 amide bonds. The van der Waals surface area contributed by atoms with Crippen molar-refractivity contribution in [2.45, 2.75) is 19.4 Å². The van der Waals surface area contributed by atoms with E-state index in [1.165, 1.54) is 28.3 Å². The third-order valence-electron chi connectivity index (χ3n) is 6.47. The molecule has 2 aromatic carbocycles. The van der Waals surface area contributed by atoms with Gasteiger partial charge >= 0.3 is 0 Å². The lowest BCUT2D eigenvalue weighted by Gasteiger charge is -2.30. The van der Waals surface area contributed by atoms with E-state index in [0.717, 1.165) is 70.9 Å². The Morgan fingerprint density at radius 1 is 1.06 bits per heavy atom. The van der Waals surface area contributed by atoms with E-state index in [4.69, 9.17) is 9.84 Å². The van der Waals surface area contributed by atoms with E-state index < -0.39 is 6.61 Å². The summed E-state index contributed by atoms with van der Waals surface area (Å²) in [7, 11) is 0. The average Bonchev–Trinajstić information content (AvgIpc) is 3.28. The molecule has 1 heterocycles. The first kappa shape index (κ1) is 23.6. The Hall–Kier alpha value is -2.57. The number of benzene rings is 2. The summed E-state index contributed by atoms with van der Waals surface area (Å²) in [6.07, 6.45) is 7.68. The first-order chi connectivity index (χ1) is 16.2. The minimum absolute atomic E-state index is 0.281. The van der Waals surface area contributed by atoms with Crippen molar-refractivity contribution in [1.82, 2.24) is 9.80 Å². The molecule has 0 atom stereocenters. The van der Waals surface area contributed by atoms with Gasteiger partial charge in [-0.3, -0.25) is 14.6 Å². The second kappa shape index (κ2) is 12.1. The monoisotopic (exact) mass is 446 g/mol. The standard InChI is InChI=1S/C28H34N2O3/c31-22-27(32)12-9-23-5-7-24(8-6-23)21-30(16-15-29-17-19-33-20-18-29)14-13-26-11-10-25-3-1-2-4-28(25)26/h1-9,11-12,31H,10,13-22H2/b12-9+. The number of rotatable bonds is 11. The van der Waals surface area contributed by atoms with Crippen LogP contribution in [0, 0.1) is 0 Å². The molecule has 0 unspecified atom stereocenters. The molecule has 0 bridgehead atoms. The van der Waals surface area contributed by atoms with Gasteiger partial charge in [-0.05, 0) is 46.7 Å². The van der Waals surface area contributed by atoms with Crippen LogP contribution in [0.15, 0.2) is 60.7 Å². The zero-order chi connectivity index (χ0) is 22.9. The molecule has 2 aliphatic rings. The normalized spacial score (nSPS) is 16.4. The second-order valence-corrected chi connectivity index (χ2v) is 8.77. The summed E-state index contributed by atoms with van der Waals surface area (Å²) < 4.78 is 5.50. The summed E-state index contributed by atoms with van der Waals surface area (Å²) in [4.78, 5) is 16.3. The van der Waals surface area contributed by atoms with Crippen molar-refractivity contribution in [3.8, 4) is 0 Å². The minimum atomic E-state index is -0.451. The van der Waals surface area contributed by atoms with Gasteiger partial charge in [0.1, 0.15) is 6.61 Å². The Kier molecular flexibility index (Phi) is 8.61. The van der Waals surface area contributed by atoms with E-state index in [0.29, 0.717) is 0 Å². The lowest BCUT2D eigenvalue weighted by Crippen LogP contribution is -2.41. The molecule has 2 aromatic rings. The molecular formula is C28H34N2O3. The third-order valence-corrected chi connectivity index (χ3v) is 6.47. The number of fused-ring (bicyclic) bond motifs is 1. The van der Waals surface area contributed by atoms with Gasteiger partial charge in [0.2, 0.25) is 0 Å². The first-order valence-electron chi connectivity index (χ1n) is 11.9. The van der Waals surface area contributed by atoms with E-state index in [2.05, 4.69) is 52.3 Å². The maximum absolute atomic E-state index is 11.3. The molecule has 1 aliphatic carbocycles. The Balaban J connectivity index is 1.38. The number of morpholine rings is 1. The van der Waals surface area contributed by atoms with Crippen molar-refractivity contribution in [3.63, 3.8) is 0 Å². The lowest BCUT2D eigenvalue weighted by molar-refractivity contribution is -0.117. The van der Waals surface area contributed by atoms with Crippen LogP contribution in [0.1, 0.15) is 28.7 Å². The lowest BCUT2D eigenvalue weighted by atomic mass is 10.0. The largest absolute Gasteiger partial charge is 0.388 e. The molecule has 1 aliphatic heterocycles. The van der Waals surface area contributed by atoms with Gasteiger partial charge in [-0.15, -0.1) is 0 Å². The molecule has 5 heteroatoms. The molecule has 1 saturated heterocycles. The van der Waals surface area contributed by atoms with Crippen LogP contribution >= 0.6 is 0 Å². The Morgan fingerprint density at radius 2 is 1.85 bits per heavy atom. The van der Waals surface area contributed by atoms with E-state index in [9.17, 15) is 4.79 Å². The highest BCUT2D eigenvalue weighted by Crippen LogP contribution is 2.29. The fourth-order valence-electron chi connectivity index (χ4n) is 4.48. The topological polar surface area (TPSA) is 53.0 Å². The predicted octanol–water partition coefficient (Wildman–Crippen LogP) is 3.43. The van der Waals surface area contributed by atoms with E-state index >= 15 is 0 Å². The van der Waals surface area contributed by atoms with Gasteiger partial charge in [-0.2, -0.15) is 0 Å². The predicted molar refractivity (Wildman–Crippen MR) is 133 cm³/mol. The molecule has 174 valence electrons. The number of allylic oxidation sites excluding steroid dienone is 1. The smallest absolute Gasteiger partial charge is 0.181 e. The highest BCUT2D eigenvalue weighted by atomic mass is 16.5. The average molecular weight is 447 g/mol. The number of hydrogen-bond acceptors (Lipinski definition) is 5. The van der Waals surface area contributed by atoms with Gasteiger partial charge < -0.3 is 9.84 Å². The SMILES string of the molecule is O=C(/C=C/c1ccc(CN(CCC2=CCc3ccccc32)CCN2CCOCC2)cc1)CO. The van der Waals surface area contributed by atoms with Gasteiger partial charge in [0.25, 0.3) is 0 Å². The number of aliphatic hydroxyl groups is 1. The second-order valence-electron chi connectivity index (χ2n) is 8.77. The van der Waals surface area contributed by atoms with Crippen molar-refractivity contribution in [2.24, 2.45) is 0 Å². The molecule has 1 fully saturated rings. The van der Waals surface area contributed by atoms with Crippen LogP contribution in [0.5, 0.6) is 0 Å². The molecule has 4 rings (SSSR count). The summed E-state index contributed by atoms with van der Waals surface area (Å²) in [5.74, 6) is -0.281. The number of aliphatic hydroxyl groups excluding tert-OH is 1. The van der Waals surface area contributed by atoms with Crippen molar-refractivity contribution < 1.29 is 14.6 Å². The summed E-state index contributed by atoms with van der Waals surface area (Å²) in [5.41, 5.74) is 6.56. The van der Waals surface area contributed by atoms with Crippen molar-refractivity contribution in [2.75, 3.05) is 52.5 Å². The molecule has 0 saturated carbocycles. The zero-order valence-electron chi connectivity index (χ0n) is 19.3. The molecule has 5 nitrogen and oxygen atoms in total. The number of ketones is 1. The fourth-order valence-corrected chi connectivity index (χ4v) is 4.48. The third kappa shape index (κ3) is 6.95. The van der Waals surface area contributed by atoms with E-state index in [1.54, 1.807) is 6.08 Å². The summed E-state index contributed by atoms with van der Waals surface area (Å²) in [5, 5.41) is 8.86. The molecular weight excluding hydrogens is 412 g/mol. The number of nitrogens with zero attached hydrogens (tertiary/aromatic N) is 2. The first-order valence-corrected chi connectivity index (χ1v) is 11.9. The zero-order valence-corrected chi connectivity index (χ0v) is 19.3. The molecule has 0 aromatic heterocycles. The molecule has 0 radical (unpaired) electrons. The number of carbonyl (C=O) groups excluding carboxylic acids is 1. The Labute approximate surface area is 197 Å². The van der Waals surface area contributed by atoms with Crippen LogP contribution < -0.4 is 0 Å². The van der Waals surface area contributed by atoms with Crippen LogP contribution in [0.4, 0.5) is 0 Å². The summed E-state index contributed by atoms with van der Waals surface area (Å²) in [6, 6.07) is 17.1. The van der Waals surface area contributed by atoms with Crippen molar-refractivity contribution in [3.05, 3.63) is 82.9 Å². The Bertz CT molecular complexity index is 975. The van der Waals surface area contributed by atoms with E-state index in [1.807, 2.05) is 12.1 Å². The van der Waals surface area contributed by atoms with Crippen LogP contribution in [0.2, 0.25) is 0 Å². The number of carbonyl (C=O) groups is 1. The van der Waals surface area contributed by atoms with Crippen LogP contribution in [0.25, 0.3) is 11.6 Å². The van der Waals surface area contributed by atoms with Gasteiger partial charge in [0.05, 0.1) is 13.2 Å². The van der Waals surface area contributed by atoms with E-state index in [-0.39, 0.29) is 5.78 Å². The van der Waals surface area contributed by atoms with Gasteiger partial charge in [-0.1, -0.05) is 60.7 Å². The highest BCUT2D eigenvalue weighted by Gasteiger charge is 2.16. The molecule has 1 N–H and O–H groups in total. The molecule has 0 spiro atoms. The van der Waals surface area contributed by atoms with Gasteiger partial charge in [-0.25, -0.2) is 0 Å². The van der Waals surface area contributed by atoms with Gasteiger partial charge in [0.15, 0.2) is 5.78 Å². The number of ether oxygens (including phenoxy) is 1. The van der Waals surface area contributed by atoms with Crippen LogP contribution in [-0.2, 0) is 22.5 Å². The van der Waals surface area contributed by atoms with Crippen LogP contribution in [-0.4, -0.2) is 73.2 Å². The minimum Gasteiger partial charge on any atom is -0.388 e. The quantitative estimate of drug-likeness (QED) is 0.536. The Morgan fingerprint density at radius 3 is 2.64 bits per heavy atom. The molecule has 33 heavy (non-hydrogen) atoms. The fraction of sp³-hybridized carbons (Fsp3) is 0.393. The maximum Gasteiger partial charge on any atom is 0.181 e.